The number of hydrogen-bond acceptors (Lipinski definition) is 4. The van der Waals surface area contributed by atoms with Gasteiger partial charge in [0.05, 0.1) is 5.60 Å². The molecular weight excluding hydrogens is 362 g/mol. The summed E-state index contributed by atoms with van der Waals surface area (Å²) in [5.41, 5.74) is 2.19. The first-order valence-electron chi connectivity index (χ1n) is 9.43. The molecule has 1 aromatic carbocycles. The van der Waals surface area contributed by atoms with Crippen molar-refractivity contribution in [3.63, 3.8) is 0 Å². The van der Waals surface area contributed by atoms with Crippen molar-refractivity contribution in [2.75, 3.05) is 0 Å². The van der Waals surface area contributed by atoms with Gasteiger partial charge >= 0.3 is 0 Å². The molecular formula is C21H22ClN3O2. The number of fused-ring (bicyclic) bond motifs is 3. The molecule has 2 fully saturated rings. The number of benzene rings is 1. The lowest BCUT2D eigenvalue weighted by molar-refractivity contribution is 0.0521. The number of hydrogen-bond donors (Lipinski definition) is 1. The zero-order valence-corrected chi connectivity index (χ0v) is 16.0. The highest BCUT2D eigenvalue weighted by molar-refractivity contribution is 6.31. The van der Waals surface area contributed by atoms with Gasteiger partial charge in [0, 0.05) is 27.8 Å². The molecule has 0 amide bonds. The lowest BCUT2D eigenvalue weighted by Crippen LogP contribution is -2.23. The maximum Gasteiger partial charge on any atom is 0.167 e. The van der Waals surface area contributed by atoms with Crippen LogP contribution in [0.1, 0.15) is 49.1 Å². The first-order valence-corrected chi connectivity index (χ1v) is 9.81. The van der Waals surface area contributed by atoms with Crippen LogP contribution in [0.3, 0.4) is 0 Å². The lowest BCUT2D eigenvalue weighted by atomic mass is 9.83. The molecule has 0 atom stereocenters. The smallest absolute Gasteiger partial charge is 0.167 e. The van der Waals surface area contributed by atoms with E-state index in [0.717, 1.165) is 60.5 Å². The molecule has 0 unspecified atom stereocenters. The molecule has 2 bridgehead atoms. The largest absolute Gasteiger partial charge is 0.488 e. The second-order valence-corrected chi connectivity index (χ2v) is 8.49. The Morgan fingerprint density at radius 2 is 1.96 bits per heavy atom. The van der Waals surface area contributed by atoms with Crippen LogP contribution >= 0.6 is 11.6 Å². The molecule has 2 saturated carbocycles. The van der Waals surface area contributed by atoms with E-state index < -0.39 is 5.60 Å². The molecule has 0 radical (unpaired) electrons. The molecule has 1 N–H and O–H groups in total. The van der Waals surface area contributed by atoms with Crippen molar-refractivity contribution in [2.45, 2.75) is 56.7 Å². The van der Waals surface area contributed by atoms with Crippen LogP contribution < -0.4 is 4.74 Å². The highest BCUT2D eigenvalue weighted by Gasteiger charge is 2.56. The quantitative estimate of drug-likeness (QED) is 0.732. The van der Waals surface area contributed by atoms with Gasteiger partial charge in [-0.2, -0.15) is 0 Å². The molecule has 0 saturated heterocycles. The maximum atomic E-state index is 10.6. The highest BCUT2D eigenvalue weighted by atomic mass is 35.5. The predicted octanol–water partition coefficient (Wildman–Crippen LogP) is 4.22. The van der Waals surface area contributed by atoms with Crippen molar-refractivity contribution in [3.05, 3.63) is 58.5 Å². The van der Waals surface area contributed by atoms with Crippen molar-refractivity contribution < 1.29 is 9.84 Å². The van der Waals surface area contributed by atoms with E-state index in [-0.39, 0.29) is 5.41 Å². The number of halogens is 1. The summed E-state index contributed by atoms with van der Waals surface area (Å²) >= 11 is 6.19. The molecule has 2 aliphatic carbocycles. The summed E-state index contributed by atoms with van der Waals surface area (Å²) < 4.78 is 8.10. The van der Waals surface area contributed by atoms with Crippen LogP contribution in [0.5, 0.6) is 5.75 Å². The van der Waals surface area contributed by atoms with Crippen LogP contribution in [0, 0.1) is 6.92 Å². The van der Waals surface area contributed by atoms with Gasteiger partial charge in [-0.3, -0.25) is 4.40 Å². The van der Waals surface area contributed by atoms with Crippen LogP contribution in [0.4, 0.5) is 0 Å². The molecule has 2 heterocycles. The minimum Gasteiger partial charge on any atom is -0.488 e. The van der Waals surface area contributed by atoms with E-state index in [1.54, 1.807) is 0 Å². The Morgan fingerprint density at radius 1 is 1.15 bits per heavy atom. The van der Waals surface area contributed by atoms with E-state index >= 15 is 0 Å². The maximum absolute atomic E-state index is 10.6. The minimum absolute atomic E-state index is 0.0445. The van der Waals surface area contributed by atoms with Gasteiger partial charge in [0.25, 0.3) is 0 Å². The molecule has 6 heteroatoms. The minimum atomic E-state index is -0.503. The third-order valence-electron chi connectivity index (χ3n) is 6.40. The van der Waals surface area contributed by atoms with Gasteiger partial charge in [-0.15, -0.1) is 10.2 Å². The number of aliphatic hydroxyl groups is 1. The highest BCUT2D eigenvalue weighted by Crippen LogP contribution is 2.57. The van der Waals surface area contributed by atoms with E-state index in [1.165, 1.54) is 0 Å². The first-order chi connectivity index (χ1) is 13.0. The first kappa shape index (κ1) is 17.0. The summed E-state index contributed by atoms with van der Waals surface area (Å²) in [6, 6.07) is 9.70. The Hall–Kier alpha value is -2.11. The van der Waals surface area contributed by atoms with Crippen molar-refractivity contribution >= 4 is 17.2 Å². The average Bonchev–Trinajstić information content (AvgIpc) is 3.34. The predicted molar refractivity (Wildman–Crippen MR) is 103 cm³/mol. The van der Waals surface area contributed by atoms with Crippen LogP contribution in [0.25, 0.3) is 5.65 Å². The van der Waals surface area contributed by atoms with E-state index in [9.17, 15) is 5.11 Å². The summed E-state index contributed by atoms with van der Waals surface area (Å²) in [6.45, 7) is 2.36. The molecule has 2 aromatic heterocycles. The second kappa shape index (κ2) is 5.94. The van der Waals surface area contributed by atoms with Gasteiger partial charge in [-0.1, -0.05) is 23.7 Å². The molecule has 0 spiro atoms. The van der Waals surface area contributed by atoms with Gasteiger partial charge in [-0.05, 0) is 57.2 Å². The Labute approximate surface area is 162 Å². The zero-order valence-electron chi connectivity index (χ0n) is 15.3. The SMILES string of the molecule is Cc1c(Cl)cccc1OCc1cccn2c(C34CCC(O)(CC3)C4)nnc12. The summed E-state index contributed by atoms with van der Waals surface area (Å²) in [4.78, 5) is 0. The Morgan fingerprint density at radius 3 is 2.70 bits per heavy atom. The molecule has 3 aromatic rings. The second-order valence-electron chi connectivity index (χ2n) is 8.08. The van der Waals surface area contributed by atoms with Crippen molar-refractivity contribution in [1.82, 2.24) is 14.6 Å². The van der Waals surface area contributed by atoms with Gasteiger partial charge in [0.15, 0.2) is 5.65 Å². The summed E-state index contributed by atoms with van der Waals surface area (Å²) in [7, 11) is 0. The summed E-state index contributed by atoms with van der Waals surface area (Å²) in [6.07, 6.45) is 6.49. The topological polar surface area (TPSA) is 59.7 Å². The van der Waals surface area contributed by atoms with Gasteiger partial charge in [0.2, 0.25) is 0 Å². The molecule has 27 heavy (non-hydrogen) atoms. The van der Waals surface area contributed by atoms with Gasteiger partial charge < -0.3 is 9.84 Å². The average molecular weight is 384 g/mol. The van der Waals surface area contributed by atoms with Crippen molar-refractivity contribution in [2.24, 2.45) is 0 Å². The number of rotatable bonds is 4. The normalized spacial score (nSPS) is 26.8. The van der Waals surface area contributed by atoms with Crippen molar-refractivity contribution in [3.8, 4) is 5.75 Å². The van der Waals surface area contributed by atoms with Crippen LogP contribution in [0.15, 0.2) is 36.5 Å². The fourth-order valence-electron chi connectivity index (χ4n) is 4.83. The number of aromatic nitrogens is 3. The van der Waals surface area contributed by atoms with Crippen LogP contribution in [0.2, 0.25) is 5.02 Å². The van der Waals surface area contributed by atoms with E-state index in [2.05, 4.69) is 14.6 Å². The third kappa shape index (κ3) is 2.64. The Balaban J connectivity index is 1.47. The van der Waals surface area contributed by atoms with Crippen LogP contribution in [-0.2, 0) is 12.0 Å². The third-order valence-corrected chi connectivity index (χ3v) is 6.81. The van der Waals surface area contributed by atoms with Crippen LogP contribution in [-0.4, -0.2) is 25.3 Å². The molecule has 140 valence electrons. The Bertz CT molecular complexity index is 1020. The number of pyridine rings is 1. The van der Waals surface area contributed by atoms with Crippen molar-refractivity contribution in [1.29, 1.82) is 0 Å². The fourth-order valence-corrected chi connectivity index (χ4v) is 4.99. The van der Waals surface area contributed by atoms with E-state index in [1.807, 2.05) is 43.5 Å². The molecule has 0 aliphatic heterocycles. The standard InChI is InChI=1S/C21H22ClN3O2/c1-14-16(22)5-2-6-17(14)27-12-15-4-3-11-25-18(15)23-24-19(25)20-7-9-21(26,13-20)10-8-20/h2-6,11,26H,7-10,12-13H2,1H3. The van der Waals surface area contributed by atoms with E-state index in [4.69, 9.17) is 16.3 Å². The van der Waals surface area contributed by atoms with Gasteiger partial charge in [-0.25, -0.2) is 0 Å². The number of nitrogens with zero attached hydrogens (tertiary/aromatic N) is 3. The summed E-state index contributed by atoms with van der Waals surface area (Å²) in [5.74, 6) is 1.76. The lowest BCUT2D eigenvalue weighted by Gasteiger charge is -2.24. The summed E-state index contributed by atoms with van der Waals surface area (Å²) in [5, 5.41) is 20.3. The van der Waals surface area contributed by atoms with E-state index in [0.29, 0.717) is 11.6 Å². The monoisotopic (exact) mass is 383 g/mol. The molecule has 5 nitrogen and oxygen atoms in total. The molecule has 5 rings (SSSR count). The van der Waals surface area contributed by atoms with Gasteiger partial charge in [0.1, 0.15) is 18.2 Å². The molecule has 2 aliphatic rings. The number of ether oxygens (including phenoxy) is 1. The Kier molecular flexibility index (Phi) is 3.75. The zero-order chi connectivity index (χ0) is 18.6. The fraction of sp³-hybridized carbons (Fsp3) is 0.429.